The first kappa shape index (κ1) is 22.9. The first-order chi connectivity index (χ1) is 16.3. The van der Waals surface area contributed by atoms with Gasteiger partial charge in [0.25, 0.3) is 11.8 Å². The van der Waals surface area contributed by atoms with Gasteiger partial charge in [-0.2, -0.15) is 5.10 Å². The van der Waals surface area contributed by atoms with Crippen LogP contribution in [0.5, 0.6) is 0 Å². The maximum atomic E-state index is 13.1. The Bertz CT molecular complexity index is 1220. The lowest BCUT2D eigenvalue weighted by Crippen LogP contribution is -2.48. The Morgan fingerprint density at radius 3 is 2.44 bits per heavy atom. The Morgan fingerprint density at radius 1 is 1.03 bits per heavy atom. The Balaban J connectivity index is 1.23. The predicted molar refractivity (Wildman–Crippen MR) is 126 cm³/mol. The Hall–Kier alpha value is -2.92. The summed E-state index contributed by atoms with van der Waals surface area (Å²) in [6.07, 6.45) is 1.65. The molecular formula is C23H29N7O3S. The van der Waals surface area contributed by atoms with Crippen molar-refractivity contribution in [2.75, 3.05) is 26.2 Å². The molecule has 0 saturated carbocycles. The number of hydrogen-bond donors (Lipinski definition) is 0. The highest BCUT2D eigenvalue weighted by molar-refractivity contribution is 7.09. The van der Waals surface area contributed by atoms with E-state index in [2.05, 4.69) is 20.3 Å². The molecule has 2 aliphatic rings. The molecule has 2 aliphatic heterocycles. The summed E-state index contributed by atoms with van der Waals surface area (Å²) < 4.78 is 7.41. The normalized spacial score (nSPS) is 21.9. The fourth-order valence-electron chi connectivity index (χ4n) is 4.83. The molecule has 2 atom stereocenters. The number of fused-ring (bicyclic) bond motifs is 1. The first-order valence-electron chi connectivity index (χ1n) is 11.7. The first-order valence-corrected chi connectivity index (χ1v) is 12.6. The van der Waals surface area contributed by atoms with E-state index in [1.54, 1.807) is 4.52 Å². The number of hydrogen-bond acceptors (Lipinski definition) is 8. The average Bonchev–Trinajstić information content (AvgIpc) is 3.45. The molecule has 2 unspecified atom stereocenters. The van der Waals surface area contributed by atoms with Crippen LogP contribution in [-0.2, 0) is 4.74 Å². The van der Waals surface area contributed by atoms with Crippen LogP contribution in [-0.4, -0.2) is 84.8 Å². The lowest BCUT2D eigenvalue weighted by atomic mass is 9.97. The zero-order chi connectivity index (χ0) is 24.0. The summed E-state index contributed by atoms with van der Waals surface area (Å²) in [6.45, 7) is 10.1. The summed E-state index contributed by atoms with van der Waals surface area (Å²) in [7, 11) is 0. The van der Waals surface area contributed by atoms with Gasteiger partial charge in [-0.25, -0.2) is 9.50 Å². The number of amides is 2. The summed E-state index contributed by atoms with van der Waals surface area (Å²) in [5.41, 5.74) is 3.01. The summed E-state index contributed by atoms with van der Waals surface area (Å²) in [5.74, 6) is 0.0843. The van der Waals surface area contributed by atoms with Gasteiger partial charge in [0.15, 0.2) is 11.3 Å². The minimum Gasteiger partial charge on any atom is -0.372 e. The van der Waals surface area contributed by atoms with Crippen LogP contribution in [0.25, 0.3) is 5.65 Å². The maximum absolute atomic E-state index is 13.1. The van der Waals surface area contributed by atoms with E-state index in [0.29, 0.717) is 48.9 Å². The Morgan fingerprint density at radius 2 is 1.74 bits per heavy atom. The summed E-state index contributed by atoms with van der Waals surface area (Å²) in [4.78, 5) is 34.4. The van der Waals surface area contributed by atoms with E-state index in [1.165, 1.54) is 11.3 Å². The predicted octanol–water partition coefficient (Wildman–Crippen LogP) is 2.47. The van der Waals surface area contributed by atoms with E-state index in [-0.39, 0.29) is 29.9 Å². The van der Waals surface area contributed by atoms with Crippen molar-refractivity contribution in [1.29, 1.82) is 0 Å². The number of carbonyl (C=O) groups excluding carboxylic acids is 2. The number of piperidine rings is 1. The van der Waals surface area contributed by atoms with Gasteiger partial charge < -0.3 is 14.5 Å². The molecule has 0 aromatic carbocycles. The van der Waals surface area contributed by atoms with Gasteiger partial charge in [0.1, 0.15) is 5.69 Å². The zero-order valence-corrected chi connectivity index (χ0v) is 20.7. The number of carbonyl (C=O) groups is 2. The van der Waals surface area contributed by atoms with Crippen LogP contribution in [0.3, 0.4) is 0 Å². The molecule has 0 radical (unpaired) electrons. The highest BCUT2D eigenvalue weighted by Crippen LogP contribution is 2.31. The molecule has 0 spiro atoms. The number of likely N-dealkylation sites (tertiary alicyclic amines) is 1. The van der Waals surface area contributed by atoms with Gasteiger partial charge in [-0.3, -0.25) is 9.59 Å². The topological polar surface area (TPSA) is 106 Å². The number of morpholine rings is 1. The van der Waals surface area contributed by atoms with Crippen molar-refractivity contribution < 1.29 is 14.3 Å². The quantitative estimate of drug-likeness (QED) is 0.563. The van der Waals surface area contributed by atoms with Crippen molar-refractivity contribution in [3.05, 3.63) is 39.2 Å². The lowest BCUT2D eigenvalue weighted by molar-refractivity contribution is -0.0587. The third-order valence-corrected chi connectivity index (χ3v) is 7.51. The number of rotatable bonds is 3. The minimum absolute atomic E-state index is 0.0269. The molecule has 34 heavy (non-hydrogen) atoms. The molecule has 3 aromatic rings. The van der Waals surface area contributed by atoms with Crippen molar-refractivity contribution in [3.8, 4) is 0 Å². The second kappa shape index (κ2) is 9.03. The van der Waals surface area contributed by atoms with Crippen molar-refractivity contribution in [2.24, 2.45) is 0 Å². The highest BCUT2D eigenvalue weighted by atomic mass is 32.1. The van der Waals surface area contributed by atoms with Crippen molar-refractivity contribution in [2.45, 2.75) is 58.7 Å². The van der Waals surface area contributed by atoms with E-state index in [1.807, 2.05) is 48.9 Å². The summed E-state index contributed by atoms with van der Waals surface area (Å²) in [6, 6.07) is 1.84. The third-order valence-electron chi connectivity index (χ3n) is 6.51. The van der Waals surface area contributed by atoms with Gasteiger partial charge in [-0.15, -0.1) is 21.5 Å². The Kier molecular flexibility index (Phi) is 6.07. The van der Waals surface area contributed by atoms with E-state index in [9.17, 15) is 9.59 Å². The molecule has 0 bridgehead atoms. The van der Waals surface area contributed by atoms with Gasteiger partial charge in [-0.1, -0.05) is 0 Å². The van der Waals surface area contributed by atoms with Gasteiger partial charge >= 0.3 is 0 Å². The third kappa shape index (κ3) is 4.29. The number of thiazole rings is 1. The van der Waals surface area contributed by atoms with Crippen LogP contribution in [0.2, 0.25) is 0 Å². The van der Waals surface area contributed by atoms with Crippen molar-refractivity contribution in [3.63, 3.8) is 0 Å². The molecule has 0 N–H and O–H groups in total. The number of aromatic nitrogens is 5. The molecule has 0 aliphatic carbocycles. The van der Waals surface area contributed by atoms with E-state index < -0.39 is 0 Å². The molecule has 5 heterocycles. The van der Waals surface area contributed by atoms with Gasteiger partial charge in [0.2, 0.25) is 0 Å². The fourth-order valence-corrected chi connectivity index (χ4v) is 5.80. The van der Waals surface area contributed by atoms with Crippen LogP contribution in [0.4, 0.5) is 0 Å². The summed E-state index contributed by atoms with van der Waals surface area (Å²) >= 11 is 1.53. The second-order valence-electron chi connectivity index (χ2n) is 9.29. The molecular weight excluding hydrogens is 454 g/mol. The SMILES string of the molecule is Cc1cc2nnc(C(=O)N3CCC(c4nc(C(=O)N5CC(C)OC(C)C5)cs4)CC3)c(C)n2n1. The van der Waals surface area contributed by atoms with Crippen LogP contribution >= 0.6 is 11.3 Å². The van der Waals surface area contributed by atoms with Crippen molar-refractivity contribution >= 4 is 28.8 Å². The lowest BCUT2D eigenvalue weighted by Gasteiger charge is -2.35. The molecule has 2 fully saturated rings. The number of ether oxygens (including phenoxy) is 1. The van der Waals surface area contributed by atoms with Crippen LogP contribution in [0.1, 0.15) is 70.0 Å². The van der Waals surface area contributed by atoms with E-state index in [4.69, 9.17) is 4.74 Å². The van der Waals surface area contributed by atoms with Gasteiger partial charge in [-0.05, 0) is 40.5 Å². The summed E-state index contributed by atoms with van der Waals surface area (Å²) in [5, 5.41) is 15.6. The smallest absolute Gasteiger partial charge is 0.276 e. The van der Waals surface area contributed by atoms with Crippen LogP contribution in [0, 0.1) is 13.8 Å². The van der Waals surface area contributed by atoms with Crippen LogP contribution < -0.4 is 0 Å². The monoisotopic (exact) mass is 483 g/mol. The second-order valence-corrected chi connectivity index (χ2v) is 10.2. The standard InChI is InChI=1S/C23H29N7O3S/c1-13-9-19-25-26-20(16(4)30(19)27-13)23(32)28-7-5-17(6-8-28)21-24-18(12-34-21)22(31)29-10-14(2)33-15(3)11-29/h9,12,14-15,17H,5-8,10-11H2,1-4H3. The fraction of sp³-hybridized carbons (Fsp3) is 0.565. The molecule has 10 nitrogen and oxygen atoms in total. The molecule has 3 aromatic heterocycles. The molecule has 2 saturated heterocycles. The molecule has 2 amide bonds. The van der Waals surface area contributed by atoms with Gasteiger partial charge in [0.05, 0.1) is 28.6 Å². The molecule has 11 heteroatoms. The Labute approximate surface area is 201 Å². The largest absolute Gasteiger partial charge is 0.372 e. The molecule has 180 valence electrons. The number of nitrogens with zero attached hydrogens (tertiary/aromatic N) is 7. The van der Waals surface area contributed by atoms with E-state index in [0.717, 1.165) is 23.5 Å². The number of aryl methyl sites for hydroxylation is 2. The van der Waals surface area contributed by atoms with E-state index >= 15 is 0 Å². The molecule has 5 rings (SSSR count). The zero-order valence-electron chi connectivity index (χ0n) is 19.9. The minimum atomic E-state index is -0.121. The van der Waals surface area contributed by atoms with Crippen LogP contribution in [0.15, 0.2) is 11.4 Å². The van der Waals surface area contributed by atoms with Crippen molar-refractivity contribution in [1.82, 2.24) is 34.6 Å². The van der Waals surface area contributed by atoms with Gasteiger partial charge in [0, 0.05) is 43.5 Å². The maximum Gasteiger partial charge on any atom is 0.276 e. The average molecular weight is 484 g/mol. The highest BCUT2D eigenvalue weighted by Gasteiger charge is 2.31.